The molecule has 2 rings (SSSR count). The quantitative estimate of drug-likeness (QED) is 0.888. The molecule has 0 radical (unpaired) electrons. The normalized spacial score (nSPS) is 20.6. The number of carbonyl (C=O) groups is 2. The number of amides is 1. The van der Waals surface area contributed by atoms with E-state index in [9.17, 15) is 14.7 Å². The predicted molar refractivity (Wildman–Crippen MR) is 84.0 cm³/mol. The highest BCUT2D eigenvalue weighted by Gasteiger charge is 2.34. The van der Waals surface area contributed by atoms with E-state index in [0.717, 1.165) is 5.56 Å². The summed E-state index contributed by atoms with van der Waals surface area (Å²) in [4.78, 5) is 25.2. The molecule has 0 unspecified atom stereocenters. The summed E-state index contributed by atoms with van der Waals surface area (Å²) in [5, 5.41) is 16.0. The van der Waals surface area contributed by atoms with Gasteiger partial charge in [0.1, 0.15) is 11.6 Å². The van der Waals surface area contributed by atoms with Crippen molar-refractivity contribution in [2.45, 2.75) is 44.9 Å². The van der Waals surface area contributed by atoms with E-state index in [1.807, 2.05) is 42.5 Å². The summed E-state index contributed by atoms with van der Waals surface area (Å²) in [5.41, 5.74) is 0.248. The van der Waals surface area contributed by atoms with E-state index in [1.54, 1.807) is 0 Å². The Labute approximate surface area is 134 Å². The lowest BCUT2D eigenvalue weighted by molar-refractivity contribution is -0.143. The van der Waals surface area contributed by atoms with Gasteiger partial charge in [-0.05, 0) is 49.6 Å². The van der Waals surface area contributed by atoms with E-state index in [4.69, 9.17) is 4.74 Å². The molecule has 0 saturated carbocycles. The van der Waals surface area contributed by atoms with Gasteiger partial charge in [-0.3, -0.25) is 9.69 Å². The first-order chi connectivity index (χ1) is 10.3. The van der Waals surface area contributed by atoms with E-state index in [0.29, 0.717) is 19.5 Å². The van der Waals surface area contributed by atoms with Crippen molar-refractivity contribution in [3.8, 4) is 0 Å². The van der Waals surface area contributed by atoms with Crippen LogP contribution in [0.3, 0.4) is 0 Å². The number of ether oxygens (including phenoxy) is 1. The lowest BCUT2D eigenvalue weighted by atomic mass is 10.1. The Morgan fingerprint density at radius 3 is 2.77 bits per heavy atom. The molecule has 2 heterocycles. The largest absolute Gasteiger partial charge is 0.480 e. The molecule has 1 aromatic rings. The number of hydrogen-bond donors (Lipinski definition) is 2. The molecule has 7 heteroatoms. The van der Waals surface area contributed by atoms with E-state index in [1.165, 1.54) is 11.3 Å². The molecule has 6 nitrogen and oxygen atoms in total. The van der Waals surface area contributed by atoms with Gasteiger partial charge in [0.25, 0.3) is 0 Å². The lowest BCUT2D eigenvalue weighted by Gasteiger charge is -2.24. The van der Waals surface area contributed by atoms with Crippen LogP contribution in [-0.4, -0.2) is 46.8 Å². The molecule has 2 N–H and O–H groups in total. The number of nitrogens with one attached hydrogen (secondary N) is 1. The highest BCUT2D eigenvalue weighted by molar-refractivity contribution is 7.08. The third-order valence-electron chi connectivity index (χ3n) is 3.40. The Morgan fingerprint density at radius 2 is 2.23 bits per heavy atom. The van der Waals surface area contributed by atoms with Crippen molar-refractivity contribution in [1.29, 1.82) is 0 Å². The van der Waals surface area contributed by atoms with E-state index in [-0.39, 0.29) is 6.04 Å². The average Bonchev–Trinajstić information content (AvgIpc) is 2.99. The highest BCUT2D eigenvalue weighted by atomic mass is 32.1. The molecule has 1 amide bonds. The molecule has 1 aromatic heterocycles. The SMILES string of the molecule is CC(C)(C)OC(=O)N[C@H]1CCN([C@@H](C(=O)O)c2ccsc2)C1. The summed E-state index contributed by atoms with van der Waals surface area (Å²) in [6, 6.07) is 1.09. The molecule has 1 aliphatic heterocycles. The Bertz CT molecular complexity index is 524. The molecule has 122 valence electrons. The third kappa shape index (κ3) is 4.45. The van der Waals surface area contributed by atoms with E-state index >= 15 is 0 Å². The van der Waals surface area contributed by atoms with E-state index < -0.39 is 23.7 Å². The number of aliphatic carboxylic acids is 1. The number of carbonyl (C=O) groups excluding carboxylic acids is 1. The Morgan fingerprint density at radius 1 is 1.50 bits per heavy atom. The van der Waals surface area contributed by atoms with Crippen LogP contribution in [0.4, 0.5) is 4.79 Å². The molecule has 1 saturated heterocycles. The van der Waals surface area contributed by atoms with Crippen LogP contribution in [-0.2, 0) is 9.53 Å². The summed E-state index contributed by atoms with van der Waals surface area (Å²) in [5.74, 6) is -0.865. The second-order valence-electron chi connectivity index (χ2n) is 6.42. The number of likely N-dealkylation sites (tertiary alicyclic amines) is 1. The fraction of sp³-hybridized carbons (Fsp3) is 0.600. The molecule has 0 bridgehead atoms. The van der Waals surface area contributed by atoms with Crippen LogP contribution in [0, 0.1) is 0 Å². The lowest BCUT2D eigenvalue weighted by Crippen LogP contribution is -2.41. The average molecular weight is 326 g/mol. The van der Waals surface area contributed by atoms with Gasteiger partial charge in [-0.15, -0.1) is 0 Å². The first-order valence-corrected chi connectivity index (χ1v) is 8.19. The molecule has 2 atom stereocenters. The molecule has 0 aliphatic carbocycles. The number of nitrogens with zero attached hydrogens (tertiary/aromatic N) is 1. The second-order valence-corrected chi connectivity index (χ2v) is 7.20. The zero-order valence-corrected chi connectivity index (χ0v) is 13.9. The van der Waals surface area contributed by atoms with Crippen LogP contribution in [0.2, 0.25) is 0 Å². The maximum Gasteiger partial charge on any atom is 0.407 e. The first-order valence-electron chi connectivity index (χ1n) is 7.25. The number of rotatable bonds is 4. The summed E-state index contributed by atoms with van der Waals surface area (Å²) in [6.45, 7) is 6.57. The molecule has 22 heavy (non-hydrogen) atoms. The van der Waals surface area contributed by atoms with Crippen molar-refractivity contribution in [2.75, 3.05) is 13.1 Å². The van der Waals surface area contributed by atoms with Crippen LogP contribution >= 0.6 is 11.3 Å². The standard InChI is InChI=1S/C15H22N2O4S/c1-15(2,3)21-14(20)16-11-4-6-17(8-11)12(13(18)19)10-5-7-22-9-10/h5,7,9,11-12H,4,6,8H2,1-3H3,(H,16,20)(H,18,19)/t11-,12+/m0/s1. The zero-order chi connectivity index (χ0) is 16.3. The smallest absolute Gasteiger partial charge is 0.407 e. The van der Waals surface area contributed by atoms with Crippen molar-refractivity contribution in [3.05, 3.63) is 22.4 Å². The summed E-state index contributed by atoms with van der Waals surface area (Å²) < 4.78 is 5.23. The van der Waals surface area contributed by atoms with Gasteiger partial charge < -0.3 is 15.2 Å². The summed E-state index contributed by atoms with van der Waals surface area (Å²) >= 11 is 1.48. The highest BCUT2D eigenvalue weighted by Crippen LogP contribution is 2.27. The second kappa shape index (κ2) is 6.66. The first kappa shape index (κ1) is 16.8. The van der Waals surface area contributed by atoms with Crippen molar-refractivity contribution < 1.29 is 19.4 Å². The summed E-state index contributed by atoms with van der Waals surface area (Å²) in [6.07, 6.45) is 0.259. The molecular formula is C15H22N2O4S. The number of alkyl carbamates (subject to hydrolysis) is 1. The van der Waals surface area contributed by atoms with Crippen LogP contribution in [0.25, 0.3) is 0 Å². The molecule has 0 aromatic carbocycles. The van der Waals surface area contributed by atoms with Crippen molar-refractivity contribution in [1.82, 2.24) is 10.2 Å². The minimum atomic E-state index is -0.865. The zero-order valence-electron chi connectivity index (χ0n) is 13.0. The molecule has 1 fully saturated rings. The minimum Gasteiger partial charge on any atom is -0.480 e. The topological polar surface area (TPSA) is 78.9 Å². The van der Waals surface area contributed by atoms with Gasteiger partial charge in [-0.25, -0.2) is 4.79 Å². The van der Waals surface area contributed by atoms with Gasteiger partial charge in [-0.2, -0.15) is 11.3 Å². The molecule has 1 aliphatic rings. The van der Waals surface area contributed by atoms with E-state index in [2.05, 4.69) is 5.32 Å². The number of carboxylic acids is 1. The van der Waals surface area contributed by atoms with Gasteiger partial charge in [0.2, 0.25) is 0 Å². The van der Waals surface area contributed by atoms with Crippen molar-refractivity contribution in [3.63, 3.8) is 0 Å². The van der Waals surface area contributed by atoms with Gasteiger partial charge in [-0.1, -0.05) is 0 Å². The van der Waals surface area contributed by atoms with Crippen LogP contribution < -0.4 is 5.32 Å². The Balaban J connectivity index is 1.94. The molecular weight excluding hydrogens is 304 g/mol. The fourth-order valence-electron chi connectivity index (χ4n) is 2.55. The van der Waals surface area contributed by atoms with Gasteiger partial charge >= 0.3 is 12.1 Å². The van der Waals surface area contributed by atoms with Crippen molar-refractivity contribution in [2.24, 2.45) is 0 Å². The number of hydrogen-bond acceptors (Lipinski definition) is 5. The van der Waals surface area contributed by atoms with Crippen LogP contribution in [0.15, 0.2) is 16.8 Å². The maximum atomic E-state index is 11.8. The minimum absolute atomic E-state index is 0.0877. The third-order valence-corrected chi connectivity index (χ3v) is 4.10. The van der Waals surface area contributed by atoms with Crippen molar-refractivity contribution >= 4 is 23.4 Å². The van der Waals surface area contributed by atoms with Crippen LogP contribution in [0.1, 0.15) is 38.8 Å². The van der Waals surface area contributed by atoms with Gasteiger partial charge in [0.15, 0.2) is 0 Å². The fourth-order valence-corrected chi connectivity index (χ4v) is 3.23. The predicted octanol–water partition coefficient (Wildman–Crippen LogP) is 2.47. The molecule has 0 spiro atoms. The number of carboxylic acid groups (broad SMARTS) is 1. The number of thiophene rings is 1. The Kier molecular flexibility index (Phi) is 5.08. The Hall–Kier alpha value is -1.60. The van der Waals surface area contributed by atoms with Gasteiger partial charge in [0, 0.05) is 19.1 Å². The van der Waals surface area contributed by atoms with Crippen LogP contribution in [0.5, 0.6) is 0 Å². The summed E-state index contributed by atoms with van der Waals surface area (Å²) in [7, 11) is 0. The maximum absolute atomic E-state index is 11.8. The monoisotopic (exact) mass is 326 g/mol. The van der Waals surface area contributed by atoms with Gasteiger partial charge in [0.05, 0.1) is 0 Å².